The fourth-order valence-corrected chi connectivity index (χ4v) is 2.64. The molecule has 1 N–H and O–H groups in total. The number of amides is 1. The third kappa shape index (κ3) is 3.82. The van der Waals surface area contributed by atoms with Crippen molar-refractivity contribution in [1.82, 2.24) is 15.3 Å². The average molecular weight is 363 g/mol. The summed E-state index contributed by atoms with van der Waals surface area (Å²) in [5.74, 6) is 1.60. The van der Waals surface area contributed by atoms with Crippen LogP contribution >= 0.6 is 0 Å². The van der Waals surface area contributed by atoms with Gasteiger partial charge >= 0.3 is 0 Å². The number of oxazole rings is 1. The number of fused-ring (bicyclic) bond motifs is 1. The first-order chi connectivity index (χ1) is 13.2. The molecule has 4 rings (SSSR count). The summed E-state index contributed by atoms with van der Waals surface area (Å²) in [6.07, 6.45) is 1.64. The van der Waals surface area contributed by atoms with Gasteiger partial charge in [-0.2, -0.15) is 4.98 Å². The largest absolute Gasteiger partial charge is 0.486 e. The second kappa shape index (κ2) is 7.33. The number of carbonyl (C=O) groups is 1. The highest BCUT2D eigenvalue weighted by atomic mass is 16.5. The maximum atomic E-state index is 12.4. The van der Waals surface area contributed by atoms with E-state index in [-0.39, 0.29) is 24.8 Å². The zero-order valence-electron chi connectivity index (χ0n) is 14.6. The van der Waals surface area contributed by atoms with Gasteiger partial charge in [-0.3, -0.25) is 4.79 Å². The zero-order valence-corrected chi connectivity index (χ0v) is 14.6. The van der Waals surface area contributed by atoms with Gasteiger partial charge in [0.05, 0.1) is 6.54 Å². The van der Waals surface area contributed by atoms with Crippen LogP contribution in [0.2, 0.25) is 0 Å². The highest BCUT2D eigenvalue weighted by molar-refractivity contribution is 5.92. The molecule has 1 amide bonds. The molecule has 0 radical (unpaired) electrons. The summed E-state index contributed by atoms with van der Waals surface area (Å²) in [5.41, 5.74) is 1.82. The highest BCUT2D eigenvalue weighted by Gasteiger charge is 2.17. The van der Waals surface area contributed by atoms with E-state index in [2.05, 4.69) is 15.3 Å². The van der Waals surface area contributed by atoms with Gasteiger partial charge in [0, 0.05) is 11.8 Å². The van der Waals surface area contributed by atoms with E-state index in [9.17, 15) is 4.79 Å². The molecule has 7 heteroatoms. The van der Waals surface area contributed by atoms with Crippen molar-refractivity contribution >= 4 is 17.1 Å². The number of ether oxygens (including phenoxy) is 1. The first kappa shape index (κ1) is 16.8. The van der Waals surface area contributed by atoms with E-state index in [0.29, 0.717) is 22.9 Å². The Kier molecular flexibility index (Phi) is 4.57. The van der Waals surface area contributed by atoms with Gasteiger partial charge in [0.2, 0.25) is 5.89 Å². The number of aryl methyl sites for hydroxylation is 1. The first-order valence-corrected chi connectivity index (χ1v) is 8.45. The average Bonchev–Trinajstić information content (AvgIpc) is 3.28. The minimum atomic E-state index is -0.339. The topological polar surface area (TPSA) is 90.4 Å². The van der Waals surface area contributed by atoms with E-state index in [0.717, 1.165) is 11.3 Å². The summed E-state index contributed by atoms with van der Waals surface area (Å²) in [6, 6.07) is 14.8. The summed E-state index contributed by atoms with van der Waals surface area (Å²) in [7, 11) is 0. The van der Waals surface area contributed by atoms with Gasteiger partial charge < -0.3 is 18.9 Å². The molecule has 7 nitrogen and oxygen atoms in total. The fraction of sp³-hybridized carbons (Fsp3) is 0.150. The van der Waals surface area contributed by atoms with Gasteiger partial charge in [-0.05, 0) is 37.3 Å². The SMILES string of the molecule is Cc1cc(COc2ccccc2)oc1C(=O)NCc1nc2ncccc2o1. The lowest BCUT2D eigenvalue weighted by atomic mass is 10.2. The lowest BCUT2D eigenvalue weighted by molar-refractivity contribution is 0.0914. The summed E-state index contributed by atoms with van der Waals surface area (Å²) >= 11 is 0. The lowest BCUT2D eigenvalue weighted by Gasteiger charge is -2.03. The smallest absolute Gasteiger partial charge is 0.287 e. The molecule has 4 aromatic rings. The number of furan rings is 1. The van der Waals surface area contributed by atoms with E-state index in [1.165, 1.54) is 0 Å². The van der Waals surface area contributed by atoms with Gasteiger partial charge in [-0.25, -0.2) is 4.98 Å². The minimum Gasteiger partial charge on any atom is -0.486 e. The van der Waals surface area contributed by atoms with Crippen LogP contribution in [-0.4, -0.2) is 15.9 Å². The Morgan fingerprint density at radius 1 is 1.15 bits per heavy atom. The quantitative estimate of drug-likeness (QED) is 0.562. The van der Waals surface area contributed by atoms with Crippen LogP contribution in [0.5, 0.6) is 5.75 Å². The number of hydrogen-bond acceptors (Lipinski definition) is 6. The summed E-state index contributed by atoms with van der Waals surface area (Å²) in [6.45, 7) is 2.20. The molecule has 0 aliphatic carbocycles. The lowest BCUT2D eigenvalue weighted by Crippen LogP contribution is -2.23. The molecule has 0 saturated heterocycles. The van der Waals surface area contributed by atoms with Crippen molar-refractivity contribution in [3.05, 3.63) is 77.7 Å². The van der Waals surface area contributed by atoms with Gasteiger partial charge in [-0.15, -0.1) is 0 Å². The van der Waals surface area contributed by atoms with Crippen LogP contribution in [-0.2, 0) is 13.2 Å². The second-order valence-corrected chi connectivity index (χ2v) is 5.94. The van der Waals surface area contributed by atoms with Crippen molar-refractivity contribution in [2.45, 2.75) is 20.1 Å². The Morgan fingerprint density at radius 2 is 2.00 bits per heavy atom. The van der Waals surface area contributed by atoms with Crippen LogP contribution in [0, 0.1) is 6.92 Å². The van der Waals surface area contributed by atoms with Crippen LogP contribution in [0.1, 0.15) is 27.8 Å². The summed E-state index contributed by atoms with van der Waals surface area (Å²) in [5, 5.41) is 2.75. The molecule has 0 fully saturated rings. The number of hydrogen-bond donors (Lipinski definition) is 1. The highest BCUT2D eigenvalue weighted by Crippen LogP contribution is 2.18. The molecule has 3 aromatic heterocycles. The number of nitrogens with one attached hydrogen (secondary N) is 1. The second-order valence-electron chi connectivity index (χ2n) is 5.94. The monoisotopic (exact) mass is 363 g/mol. The Hall–Kier alpha value is -3.61. The molecular formula is C20H17N3O4. The van der Waals surface area contributed by atoms with Crippen molar-refractivity contribution in [2.75, 3.05) is 0 Å². The molecule has 0 unspecified atom stereocenters. The molecule has 0 aliphatic rings. The predicted molar refractivity (Wildman–Crippen MR) is 97.2 cm³/mol. The van der Waals surface area contributed by atoms with Crippen molar-refractivity contribution in [3.8, 4) is 5.75 Å². The van der Waals surface area contributed by atoms with Crippen LogP contribution in [0.3, 0.4) is 0 Å². The number of aromatic nitrogens is 2. The van der Waals surface area contributed by atoms with Crippen LogP contribution in [0.4, 0.5) is 0 Å². The third-order valence-electron chi connectivity index (χ3n) is 3.91. The van der Waals surface area contributed by atoms with Crippen molar-refractivity contribution < 1.29 is 18.4 Å². The molecule has 3 heterocycles. The summed E-state index contributed by atoms with van der Waals surface area (Å²) < 4.78 is 16.8. The molecule has 0 aliphatic heterocycles. The molecule has 0 bridgehead atoms. The molecule has 0 spiro atoms. The predicted octanol–water partition coefficient (Wildman–Crippen LogP) is 3.63. The molecule has 0 atom stereocenters. The summed E-state index contributed by atoms with van der Waals surface area (Å²) in [4.78, 5) is 20.7. The number of rotatable bonds is 6. The van der Waals surface area contributed by atoms with Crippen LogP contribution in [0.15, 0.2) is 63.6 Å². The van der Waals surface area contributed by atoms with E-state index in [1.54, 1.807) is 24.4 Å². The Bertz CT molecular complexity index is 1040. The Balaban J connectivity index is 1.39. The van der Waals surface area contributed by atoms with Crippen molar-refractivity contribution in [1.29, 1.82) is 0 Å². The fourth-order valence-electron chi connectivity index (χ4n) is 2.64. The van der Waals surface area contributed by atoms with Gasteiger partial charge in [0.15, 0.2) is 17.0 Å². The van der Waals surface area contributed by atoms with Crippen LogP contribution < -0.4 is 10.1 Å². The normalized spacial score (nSPS) is 10.9. The number of pyridine rings is 1. The maximum Gasteiger partial charge on any atom is 0.287 e. The van der Waals surface area contributed by atoms with Crippen molar-refractivity contribution in [2.24, 2.45) is 0 Å². The first-order valence-electron chi connectivity index (χ1n) is 8.45. The Morgan fingerprint density at radius 3 is 2.81 bits per heavy atom. The molecule has 0 saturated carbocycles. The van der Waals surface area contributed by atoms with E-state index < -0.39 is 0 Å². The number of nitrogens with zero attached hydrogens (tertiary/aromatic N) is 2. The van der Waals surface area contributed by atoms with E-state index in [1.807, 2.05) is 37.3 Å². The van der Waals surface area contributed by atoms with Gasteiger partial charge in [0.1, 0.15) is 18.1 Å². The van der Waals surface area contributed by atoms with E-state index in [4.69, 9.17) is 13.6 Å². The minimum absolute atomic E-state index is 0.144. The standard InChI is InChI=1S/C20H17N3O4/c1-13-10-15(12-25-14-6-3-2-4-7-14)26-18(13)20(24)22-11-17-23-19-16(27-17)8-5-9-21-19/h2-10H,11-12H2,1H3,(H,22,24). The van der Waals surface area contributed by atoms with Gasteiger partial charge in [-0.1, -0.05) is 18.2 Å². The molecule has 1 aromatic carbocycles. The molecular weight excluding hydrogens is 346 g/mol. The number of para-hydroxylation sites is 1. The van der Waals surface area contributed by atoms with Gasteiger partial charge in [0.25, 0.3) is 5.91 Å². The van der Waals surface area contributed by atoms with Crippen LogP contribution in [0.25, 0.3) is 11.2 Å². The zero-order chi connectivity index (χ0) is 18.6. The third-order valence-corrected chi connectivity index (χ3v) is 3.91. The molecule has 27 heavy (non-hydrogen) atoms. The van der Waals surface area contributed by atoms with Crippen molar-refractivity contribution in [3.63, 3.8) is 0 Å². The number of carbonyl (C=O) groups excluding carboxylic acids is 1. The van der Waals surface area contributed by atoms with E-state index >= 15 is 0 Å². The maximum absolute atomic E-state index is 12.4. The number of benzene rings is 1. The Labute approximate surface area is 155 Å². The molecule has 136 valence electrons.